The van der Waals surface area contributed by atoms with Crippen LogP contribution in [-0.2, 0) is 11.3 Å². The number of carbonyl (C=O) groups excluding carboxylic acids is 2. The third kappa shape index (κ3) is 5.12. The highest BCUT2D eigenvalue weighted by atomic mass is 16.5. The summed E-state index contributed by atoms with van der Waals surface area (Å²) >= 11 is 0. The van der Waals surface area contributed by atoms with Gasteiger partial charge >= 0.3 is 5.97 Å². The number of anilines is 1. The van der Waals surface area contributed by atoms with Crippen molar-refractivity contribution in [3.05, 3.63) is 101 Å². The Kier molecular flexibility index (Phi) is 6.90. The first kappa shape index (κ1) is 24.8. The number of nitrogens with zero attached hydrogens (tertiary/aromatic N) is 3. The van der Waals surface area contributed by atoms with E-state index in [1.165, 1.54) is 11.8 Å². The van der Waals surface area contributed by atoms with Crippen LogP contribution >= 0.6 is 0 Å². The second-order valence-electron chi connectivity index (χ2n) is 8.68. The summed E-state index contributed by atoms with van der Waals surface area (Å²) in [6, 6.07) is 18.3. The average Bonchev–Trinajstić information content (AvgIpc) is 3.57. The molecule has 38 heavy (non-hydrogen) atoms. The zero-order valence-electron chi connectivity index (χ0n) is 21.2. The molecule has 5 rings (SSSR count). The molecule has 0 radical (unpaired) electrons. The van der Waals surface area contributed by atoms with E-state index >= 15 is 0 Å². The summed E-state index contributed by atoms with van der Waals surface area (Å²) in [4.78, 5) is 29.4. The zero-order valence-corrected chi connectivity index (χ0v) is 21.2. The van der Waals surface area contributed by atoms with Crippen LogP contribution in [-0.4, -0.2) is 33.1 Å². The Bertz CT molecular complexity index is 1640. The zero-order chi connectivity index (χ0) is 26.6. The van der Waals surface area contributed by atoms with Crippen LogP contribution < -0.4 is 10.1 Å². The van der Waals surface area contributed by atoms with Crippen molar-refractivity contribution < 1.29 is 23.5 Å². The van der Waals surface area contributed by atoms with E-state index in [-0.39, 0.29) is 30.4 Å². The number of aromatic nitrogens is 3. The lowest BCUT2D eigenvalue weighted by Gasteiger charge is -2.09. The Morgan fingerprint density at radius 2 is 1.89 bits per heavy atom. The third-order valence-corrected chi connectivity index (χ3v) is 6.06. The first-order valence-corrected chi connectivity index (χ1v) is 12.1. The highest BCUT2D eigenvalue weighted by Gasteiger charge is 2.18. The Hall–Kier alpha value is -4.92. The van der Waals surface area contributed by atoms with Gasteiger partial charge in [-0.15, -0.1) is 0 Å². The number of hydrogen-bond acceptors (Lipinski definition) is 7. The molecule has 0 aliphatic rings. The molecule has 0 saturated heterocycles. The van der Waals surface area contributed by atoms with E-state index in [4.69, 9.17) is 13.9 Å². The lowest BCUT2D eigenvalue weighted by atomic mass is 10.1. The van der Waals surface area contributed by atoms with Crippen LogP contribution in [0, 0.1) is 13.8 Å². The van der Waals surface area contributed by atoms with Gasteiger partial charge in [0.25, 0.3) is 5.91 Å². The number of rotatable bonds is 8. The number of esters is 1. The molecule has 0 bridgehead atoms. The summed E-state index contributed by atoms with van der Waals surface area (Å²) in [6.07, 6.45) is 3.04. The van der Waals surface area contributed by atoms with Gasteiger partial charge in [-0.3, -0.25) is 4.79 Å². The van der Waals surface area contributed by atoms with E-state index in [0.717, 1.165) is 16.9 Å². The molecule has 0 aliphatic heterocycles. The van der Waals surface area contributed by atoms with Crippen LogP contribution in [0.2, 0.25) is 0 Å². The second-order valence-corrected chi connectivity index (χ2v) is 8.68. The largest absolute Gasteiger partial charge is 0.486 e. The molecule has 0 spiro atoms. The summed E-state index contributed by atoms with van der Waals surface area (Å²) in [5.41, 5.74) is 5.05. The average molecular weight is 511 g/mol. The smallest absolute Gasteiger partial charge is 0.343 e. The van der Waals surface area contributed by atoms with Crippen molar-refractivity contribution >= 4 is 23.2 Å². The van der Waals surface area contributed by atoms with Gasteiger partial charge in [0, 0.05) is 17.4 Å². The minimum absolute atomic E-state index is 0.173. The number of nitrogens with one attached hydrogen (secondary N) is 1. The molecular formula is C29H26N4O5. The van der Waals surface area contributed by atoms with Gasteiger partial charge < -0.3 is 19.2 Å². The van der Waals surface area contributed by atoms with Crippen molar-refractivity contribution in [2.24, 2.45) is 0 Å². The van der Waals surface area contributed by atoms with E-state index < -0.39 is 5.97 Å². The molecule has 0 fully saturated rings. The quantitative estimate of drug-likeness (QED) is 0.270. The monoisotopic (exact) mass is 510 g/mol. The van der Waals surface area contributed by atoms with Crippen molar-refractivity contribution in [3.8, 4) is 17.0 Å². The topological polar surface area (TPSA) is 108 Å². The molecule has 0 aliphatic carbocycles. The highest BCUT2D eigenvalue weighted by molar-refractivity contribution is 6.02. The first-order valence-electron chi connectivity index (χ1n) is 12.1. The van der Waals surface area contributed by atoms with Gasteiger partial charge in [0.1, 0.15) is 23.7 Å². The number of ether oxygens (including phenoxy) is 2. The van der Waals surface area contributed by atoms with E-state index in [1.54, 1.807) is 41.9 Å². The summed E-state index contributed by atoms with van der Waals surface area (Å²) < 4.78 is 18.2. The maximum atomic E-state index is 12.9. The molecular weight excluding hydrogens is 484 g/mol. The number of amides is 1. The molecule has 0 unspecified atom stereocenters. The predicted molar refractivity (Wildman–Crippen MR) is 141 cm³/mol. The summed E-state index contributed by atoms with van der Waals surface area (Å²) in [5.74, 6) is 0.585. The van der Waals surface area contributed by atoms with Gasteiger partial charge in [-0.25, -0.2) is 14.3 Å². The van der Waals surface area contributed by atoms with Crippen molar-refractivity contribution in [3.63, 3.8) is 0 Å². The number of carbonyl (C=O) groups is 2. The van der Waals surface area contributed by atoms with Gasteiger partial charge in [-0.1, -0.05) is 18.2 Å². The number of aryl methyl sites for hydroxylation is 2. The lowest BCUT2D eigenvalue weighted by molar-refractivity contribution is 0.0528. The molecule has 3 heterocycles. The highest BCUT2D eigenvalue weighted by Crippen LogP contribution is 2.25. The van der Waals surface area contributed by atoms with Crippen LogP contribution in [0.15, 0.2) is 77.5 Å². The molecule has 5 aromatic rings. The molecule has 2 aromatic carbocycles. The minimum Gasteiger partial charge on any atom is -0.486 e. The Morgan fingerprint density at radius 3 is 2.71 bits per heavy atom. The maximum Gasteiger partial charge on any atom is 0.343 e. The molecule has 9 nitrogen and oxygen atoms in total. The van der Waals surface area contributed by atoms with Crippen LogP contribution in [0.3, 0.4) is 0 Å². The first-order chi connectivity index (χ1) is 18.4. The molecule has 0 saturated carbocycles. The molecule has 3 aromatic heterocycles. The summed E-state index contributed by atoms with van der Waals surface area (Å²) in [7, 11) is 0. The van der Waals surface area contributed by atoms with Crippen LogP contribution in [0.1, 0.15) is 44.7 Å². The van der Waals surface area contributed by atoms with Crippen molar-refractivity contribution in [2.75, 3.05) is 11.9 Å². The normalized spacial score (nSPS) is 10.9. The van der Waals surface area contributed by atoms with Gasteiger partial charge in [-0.2, -0.15) is 5.10 Å². The summed E-state index contributed by atoms with van der Waals surface area (Å²) in [6.45, 7) is 6.28. The number of furan rings is 1. The van der Waals surface area contributed by atoms with Crippen molar-refractivity contribution in [1.29, 1.82) is 0 Å². The molecule has 192 valence electrons. The summed E-state index contributed by atoms with van der Waals surface area (Å²) in [5, 5.41) is 7.19. The number of fused-ring (bicyclic) bond motifs is 1. The van der Waals surface area contributed by atoms with Crippen LogP contribution in [0.4, 0.5) is 5.69 Å². The fourth-order valence-corrected chi connectivity index (χ4v) is 3.95. The Balaban J connectivity index is 1.30. The fraction of sp³-hybridized carbons (Fsp3) is 0.172. The van der Waals surface area contributed by atoms with Crippen LogP contribution in [0.5, 0.6) is 5.75 Å². The van der Waals surface area contributed by atoms with Gasteiger partial charge in [0.05, 0.1) is 18.5 Å². The third-order valence-electron chi connectivity index (χ3n) is 6.06. The molecule has 0 atom stereocenters. The van der Waals surface area contributed by atoms with E-state index in [1.807, 2.05) is 50.2 Å². The van der Waals surface area contributed by atoms with E-state index in [2.05, 4.69) is 15.4 Å². The number of hydrogen-bond donors (Lipinski definition) is 1. The Morgan fingerprint density at radius 1 is 1.03 bits per heavy atom. The Labute approximate surface area is 219 Å². The van der Waals surface area contributed by atoms with Gasteiger partial charge in [-0.05, 0) is 74.4 Å². The minimum atomic E-state index is -0.481. The van der Waals surface area contributed by atoms with Crippen molar-refractivity contribution in [2.45, 2.75) is 27.4 Å². The molecule has 9 heteroatoms. The van der Waals surface area contributed by atoms with Gasteiger partial charge in [0.15, 0.2) is 11.4 Å². The van der Waals surface area contributed by atoms with Gasteiger partial charge in [0.2, 0.25) is 0 Å². The fourth-order valence-electron chi connectivity index (χ4n) is 3.95. The second kappa shape index (κ2) is 10.6. The standard InChI is InChI=1S/C29H26N4O5/c1-4-36-29(35)24-16-31-33-25(12-13-30-27(24)33)20-6-5-7-21(15-20)32-28(34)26-11-10-23(38-26)17-37-22-9-8-18(2)19(3)14-22/h5-16H,4,17H2,1-3H3,(H,32,34). The SMILES string of the molecule is CCOC(=O)c1cnn2c(-c3cccc(NC(=O)c4ccc(COc5ccc(C)c(C)c5)o4)c3)ccnc12. The van der Waals surface area contributed by atoms with Crippen LogP contribution in [0.25, 0.3) is 16.9 Å². The predicted octanol–water partition coefficient (Wildman–Crippen LogP) is 5.61. The van der Waals surface area contributed by atoms with E-state index in [0.29, 0.717) is 22.8 Å². The molecule has 1 N–H and O–H groups in total. The lowest BCUT2D eigenvalue weighted by Crippen LogP contribution is -2.11. The van der Waals surface area contributed by atoms with E-state index in [9.17, 15) is 9.59 Å². The number of benzene rings is 2. The van der Waals surface area contributed by atoms with Crippen molar-refractivity contribution in [1.82, 2.24) is 14.6 Å². The maximum absolute atomic E-state index is 12.9. The molecule has 1 amide bonds.